The minimum absolute atomic E-state index is 0.0664. The Morgan fingerprint density at radius 1 is 1.22 bits per heavy atom. The van der Waals surface area contributed by atoms with Crippen molar-refractivity contribution >= 4 is 15.9 Å². The molecule has 0 aliphatic carbocycles. The van der Waals surface area contributed by atoms with Gasteiger partial charge in [-0.05, 0) is 43.0 Å². The lowest BCUT2D eigenvalue weighted by Crippen LogP contribution is -2.26. The van der Waals surface area contributed by atoms with Crippen LogP contribution in [0.15, 0.2) is 29.2 Å². The van der Waals surface area contributed by atoms with Gasteiger partial charge in [-0.25, -0.2) is 13.1 Å². The number of nitrogens with zero attached hydrogens (tertiary/aromatic N) is 1. The normalized spacial score (nSPS) is 11.2. The fourth-order valence-corrected chi connectivity index (χ4v) is 2.96. The van der Waals surface area contributed by atoms with Crippen LogP contribution in [0.5, 0.6) is 0 Å². The van der Waals surface area contributed by atoms with Crippen LogP contribution in [0.1, 0.15) is 43.5 Å². The molecule has 0 aromatic heterocycles. The molecule has 1 aromatic carbocycles. The summed E-state index contributed by atoms with van der Waals surface area (Å²) in [5.41, 5.74) is 0.422. The molecule has 0 heterocycles. The van der Waals surface area contributed by atoms with Crippen LogP contribution in [-0.4, -0.2) is 27.4 Å². The van der Waals surface area contributed by atoms with E-state index in [2.05, 4.69) is 23.9 Å². The minimum atomic E-state index is -3.64. The zero-order chi connectivity index (χ0) is 17.3. The van der Waals surface area contributed by atoms with Gasteiger partial charge in [-0.2, -0.15) is 5.26 Å². The third-order valence-electron chi connectivity index (χ3n) is 3.20. The van der Waals surface area contributed by atoms with Crippen molar-refractivity contribution in [1.29, 1.82) is 5.26 Å². The standard InChI is InChI=1S/C16H23N3O3S/c1-13(2)5-3-11-18-16(20)14-6-8-15(9-7-14)23(21,22)19-12-4-10-17/h6-9,13,19H,3-5,11-12H2,1-2H3,(H,18,20). The summed E-state index contributed by atoms with van der Waals surface area (Å²) in [4.78, 5) is 12.0. The molecule has 0 spiro atoms. The van der Waals surface area contributed by atoms with E-state index < -0.39 is 10.0 Å². The highest BCUT2D eigenvalue weighted by molar-refractivity contribution is 7.89. The number of benzene rings is 1. The molecule has 0 saturated carbocycles. The number of carbonyl (C=O) groups excluding carboxylic acids is 1. The number of carbonyl (C=O) groups is 1. The van der Waals surface area contributed by atoms with Crippen molar-refractivity contribution in [2.24, 2.45) is 5.92 Å². The summed E-state index contributed by atoms with van der Waals surface area (Å²) in [6.07, 6.45) is 2.07. The molecule has 23 heavy (non-hydrogen) atoms. The first-order valence-electron chi connectivity index (χ1n) is 7.61. The summed E-state index contributed by atoms with van der Waals surface area (Å²) in [6.45, 7) is 4.93. The van der Waals surface area contributed by atoms with Crippen LogP contribution in [0.4, 0.5) is 0 Å². The second kappa shape index (κ2) is 9.28. The van der Waals surface area contributed by atoms with Gasteiger partial charge in [0.1, 0.15) is 0 Å². The number of nitriles is 1. The molecule has 0 atom stereocenters. The predicted molar refractivity (Wildman–Crippen MR) is 88.3 cm³/mol. The molecule has 0 unspecified atom stereocenters. The Labute approximate surface area is 137 Å². The monoisotopic (exact) mass is 337 g/mol. The fourth-order valence-electron chi connectivity index (χ4n) is 1.92. The van der Waals surface area contributed by atoms with E-state index in [1.165, 1.54) is 24.3 Å². The highest BCUT2D eigenvalue weighted by Gasteiger charge is 2.14. The van der Waals surface area contributed by atoms with Crippen molar-refractivity contribution in [3.8, 4) is 6.07 Å². The Balaban J connectivity index is 2.58. The molecule has 0 radical (unpaired) electrons. The zero-order valence-corrected chi connectivity index (χ0v) is 14.3. The lowest BCUT2D eigenvalue weighted by Gasteiger charge is -2.08. The molecule has 1 rings (SSSR count). The van der Waals surface area contributed by atoms with E-state index in [9.17, 15) is 13.2 Å². The smallest absolute Gasteiger partial charge is 0.251 e. The quantitative estimate of drug-likeness (QED) is 0.674. The van der Waals surface area contributed by atoms with E-state index in [4.69, 9.17) is 5.26 Å². The maximum absolute atomic E-state index is 11.9. The molecule has 0 saturated heterocycles. The van der Waals surface area contributed by atoms with Gasteiger partial charge in [0, 0.05) is 25.1 Å². The summed E-state index contributed by atoms with van der Waals surface area (Å²) in [6, 6.07) is 7.61. The topological polar surface area (TPSA) is 99.1 Å². The second-order valence-corrected chi connectivity index (χ2v) is 7.39. The Morgan fingerprint density at radius 2 is 1.87 bits per heavy atom. The van der Waals surface area contributed by atoms with Gasteiger partial charge in [0.25, 0.3) is 5.91 Å². The summed E-state index contributed by atoms with van der Waals surface area (Å²) in [7, 11) is -3.64. The second-order valence-electron chi connectivity index (χ2n) is 5.62. The number of amides is 1. The third-order valence-corrected chi connectivity index (χ3v) is 4.68. The van der Waals surface area contributed by atoms with Crippen molar-refractivity contribution in [1.82, 2.24) is 10.0 Å². The molecular formula is C16H23N3O3S. The summed E-state index contributed by atoms with van der Waals surface area (Å²) in [5.74, 6) is 0.389. The summed E-state index contributed by atoms with van der Waals surface area (Å²) < 4.78 is 26.2. The molecule has 7 heteroatoms. The first-order valence-corrected chi connectivity index (χ1v) is 9.10. The molecule has 0 fully saturated rings. The van der Waals surface area contributed by atoms with E-state index in [0.29, 0.717) is 18.0 Å². The Hall–Kier alpha value is -1.91. The van der Waals surface area contributed by atoms with Crippen LogP contribution in [0.25, 0.3) is 0 Å². The largest absolute Gasteiger partial charge is 0.352 e. The van der Waals surface area contributed by atoms with Crippen LogP contribution in [0, 0.1) is 17.2 Å². The predicted octanol–water partition coefficient (Wildman–Crippen LogP) is 2.04. The molecule has 0 bridgehead atoms. The van der Waals surface area contributed by atoms with E-state index in [1.54, 1.807) is 0 Å². The van der Waals surface area contributed by atoms with Crippen LogP contribution in [0.3, 0.4) is 0 Å². The Bertz CT molecular complexity index is 646. The van der Waals surface area contributed by atoms with Gasteiger partial charge >= 0.3 is 0 Å². The van der Waals surface area contributed by atoms with E-state index in [1.807, 2.05) is 6.07 Å². The highest BCUT2D eigenvalue weighted by atomic mass is 32.2. The lowest BCUT2D eigenvalue weighted by molar-refractivity contribution is 0.0952. The molecular weight excluding hydrogens is 314 g/mol. The van der Waals surface area contributed by atoms with E-state index in [-0.39, 0.29) is 23.8 Å². The highest BCUT2D eigenvalue weighted by Crippen LogP contribution is 2.11. The lowest BCUT2D eigenvalue weighted by atomic mass is 10.1. The first kappa shape index (κ1) is 19.1. The van der Waals surface area contributed by atoms with Gasteiger partial charge in [0.05, 0.1) is 11.0 Å². The molecule has 0 aliphatic heterocycles. The van der Waals surface area contributed by atoms with Gasteiger partial charge in [-0.15, -0.1) is 0 Å². The molecule has 1 amide bonds. The van der Waals surface area contributed by atoms with Crippen LogP contribution in [-0.2, 0) is 10.0 Å². The van der Waals surface area contributed by atoms with Gasteiger partial charge in [0.15, 0.2) is 0 Å². The minimum Gasteiger partial charge on any atom is -0.352 e. The van der Waals surface area contributed by atoms with Gasteiger partial charge in [-0.3, -0.25) is 4.79 Å². The molecule has 2 N–H and O–H groups in total. The number of nitrogens with one attached hydrogen (secondary N) is 2. The number of rotatable bonds is 9. The molecule has 0 aliphatic rings. The average molecular weight is 337 g/mol. The maximum atomic E-state index is 11.9. The van der Waals surface area contributed by atoms with Crippen LogP contribution in [0.2, 0.25) is 0 Å². The first-order chi connectivity index (χ1) is 10.9. The maximum Gasteiger partial charge on any atom is 0.251 e. The third kappa shape index (κ3) is 6.80. The van der Waals surface area contributed by atoms with E-state index >= 15 is 0 Å². The van der Waals surface area contributed by atoms with Crippen LogP contribution < -0.4 is 10.0 Å². The Kier molecular flexibility index (Phi) is 7.72. The van der Waals surface area contributed by atoms with Gasteiger partial charge in [0.2, 0.25) is 10.0 Å². The fraction of sp³-hybridized carbons (Fsp3) is 0.500. The molecule has 126 valence electrons. The van der Waals surface area contributed by atoms with Crippen molar-refractivity contribution < 1.29 is 13.2 Å². The SMILES string of the molecule is CC(C)CCCNC(=O)c1ccc(S(=O)(=O)NCCC#N)cc1. The Morgan fingerprint density at radius 3 is 2.43 bits per heavy atom. The average Bonchev–Trinajstić information content (AvgIpc) is 2.51. The van der Waals surface area contributed by atoms with Crippen molar-refractivity contribution in [3.63, 3.8) is 0 Å². The van der Waals surface area contributed by atoms with Crippen molar-refractivity contribution in [2.75, 3.05) is 13.1 Å². The number of hydrogen-bond donors (Lipinski definition) is 2. The summed E-state index contributed by atoms with van der Waals surface area (Å²) in [5, 5.41) is 11.2. The van der Waals surface area contributed by atoms with Crippen molar-refractivity contribution in [3.05, 3.63) is 29.8 Å². The summed E-state index contributed by atoms with van der Waals surface area (Å²) >= 11 is 0. The van der Waals surface area contributed by atoms with Crippen molar-refractivity contribution in [2.45, 2.75) is 38.0 Å². The number of sulfonamides is 1. The molecule has 1 aromatic rings. The number of hydrogen-bond acceptors (Lipinski definition) is 4. The van der Waals surface area contributed by atoms with Gasteiger partial charge in [-0.1, -0.05) is 13.8 Å². The van der Waals surface area contributed by atoms with E-state index in [0.717, 1.165) is 12.8 Å². The van der Waals surface area contributed by atoms with Gasteiger partial charge < -0.3 is 5.32 Å². The molecule has 6 nitrogen and oxygen atoms in total. The van der Waals surface area contributed by atoms with Crippen LogP contribution >= 0.6 is 0 Å². The zero-order valence-electron chi connectivity index (χ0n) is 13.5.